The first-order chi connectivity index (χ1) is 7.49. The minimum atomic E-state index is 0.406. The molecule has 16 heavy (non-hydrogen) atoms. The van der Waals surface area contributed by atoms with Crippen molar-refractivity contribution in [1.82, 2.24) is 9.97 Å². The van der Waals surface area contributed by atoms with Crippen molar-refractivity contribution in [2.75, 3.05) is 0 Å². The first-order valence-electron chi connectivity index (χ1n) is 4.14. The Morgan fingerprint density at radius 1 is 1.25 bits per heavy atom. The molecule has 0 bridgehead atoms. The maximum Gasteiger partial charge on any atom is 0.171 e. The number of thiophene rings is 1. The molecule has 2 aromatic heterocycles. The summed E-state index contributed by atoms with van der Waals surface area (Å²) in [6, 6.07) is 1.88. The molecule has 0 amide bonds. The Bertz CT molecular complexity index is 514. The van der Waals surface area contributed by atoms with Crippen LogP contribution < -0.4 is 0 Å². The van der Waals surface area contributed by atoms with Crippen LogP contribution >= 0.6 is 66.4 Å². The second kappa shape index (κ2) is 4.90. The number of aromatic nitrogens is 2. The van der Waals surface area contributed by atoms with E-state index in [-0.39, 0.29) is 0 Å². The highest BCUT2D eigenvalue weighted by Gasteiger charge is 2.12. The van der Waals surface area contributed by atoms with Crippen molar-refractivity contribution in [2.45, 2.75) is 6.92 Å². The van der Waals surface area contributed by atoms with Crippen molar-refractivity contribution >= 4 is 66.4 Å². The van der Waals surface area contributed by atoms with Crippen LogP contribution in [-0.2, 0) is 0 Å². The summed E-state index contributed by atoms with van der Waals surface area (Å²) < 4.78 is 2.24. The standard InChI is InChI=1S/C9H4Br2Cl2N2S/c1-3-6(11)7(12)15-9(14-3)5-2-4(10)8(13)16-5/h2H,1H3. The van der Waals surface area contributed by atoms with E-state index in [0.29, 0.717) is 15.3 Å². The lowest BCUT2D eigenvalue weighted by atomic mass is 10.4. The molecule has 0 aliphatic heterocycles. The van der Waals surface area contributed by atoms with E-state index in [9.17, 15) is 0 Å². The molecule has 0 aliphatic carbocycles. The molecule has 2 rings (SSSR count). The summed E-state index contributed by atoms with van der Waals surface area (Å²) in [4.78, 5) is 9.43. The number of rotatable bonds is 1. The van der Waals surface area contributed by atoms with Gasteiger partial charge < -0.3 is 0 Å². The molecule has 0 aliphatic rings. The lowest BCUT2D eigenvalue weighted by Gasteiger charge is -2.02. The maximum atomic E-state index is 5.98. The SMILES string of the molecule is Cc1nc(-c2cc(Br)c(Cl)s2)nc(Cl)c1Br. The molecular formula is C9H4Br2Cl2N2S. The zero-order valence-corrected chi connectivity index (χ0v) is 13.4. The predicted octanol–water partition coefficient (Wildman–Crippen LogP) is 5.35. The summed E-state index contributed by atoms with van der Waals surface area (Å²) in [6.45, 7) is 1.87. The summed E-state index contributed by atoms with van der Waals surface area (Å²) in [5.74, 6) is 0.586. The highest BCUT2D eigenvalue weighted by atomic mass is 79.9. The van der Waals surface area contributed by atoms with Gasteiger partial charge in [-0.3, -0.25) is 0 Å². The van der Waals surface area contributed by atoms with Crippen molar-refractivity contribution < 1.29 is 0 Å². The Labute approximate surface area is 123 Å². The molecule has 0 fully saturated rings. The second-order valence-corrected chi connectivity index (χ2v) is 6.63. The van der Waals surface area contributed by atoms with Crippen LogP contribution in [0.25, 0.3) is 10.7 Å². The molecule has 84 valence electrons. The van der Waals surface area contributed by atoms with Gasteiger partial charge in [0, 0.05) is 4.47 Å². The van der Waals surface area contributed by atoms with Gasteiger partial charge in [0.05, 0.1) is 15.0 Å². The Morgan fingerprint density at radius 3 is 2.44 bits per heavy atom. The van der Waals surface area contributed by atoms with Crippen molar-refractivity contribution in [3.63, 3.8) is 0 Å². The van der Waals surface area contributed by atoms with Crippen molar-refractivity contribution in [2.24, 2.45) is 0 Å². The third kappa shape index (κ3) is 2.43. The number of hydrogen-bond donors (Lipinski definition) is 0. The molecule has 0 unspecified atom stereocenters. The molecule has 0 atom stereocenters. The third-order valence-electron chi connectivity index (χ3n) is 1.84. The van der Waals surface area contributed by atoms with E-state index in [1.54, 1.807) is 0 Å². The highest BCUT2D eigenvalue weighted by Crippen LogP contribution is 2.37. The van der Waals surface area contributed by atoms with Gasteiger partial charge in [-0.05, 0) is 44.8 Å². The molecule has 0 N–H and O–H groups in total. The lowest BCUT2D eigenvalue weighted by Crippen LogP contribution is -1.92. The molecule has 0 radical (unpaired) electrons. The first-order valence-corrected chi connectivity index (χ1v) is 7.29. The molecule has 0 saturated heterocycles. The van der Waals surface area contributed by atoms with E-state index in [1.165, 1.54) is 11.3 Å². The van der Waals surface area contributed by atoms with Crippen LogP contribution in [0, 0.1) is 6.92 Å². The third-order valence-corrected chi connectivity index (χ3v) is 5.76. The molecular weight excluding hydrogens is 399 g/mol. The Morgan fingerprint density at radius 2 is 1.94 bits per heavy atom. The summed E-state index contributed by atoms with van der Waals surface area (Å²) in [6.07, 6.45) is 0. The topological polar surface area (TPSA) is 25.8 Å². The average Bonchev–Trinajstić information content (AvgIpc) is 2.55. The van der Waals surface area contributed by atoms with Crippen molar-refractivity contribution in [1.29, 1.82) is 0 Å². The normalized spacial score (nSPS) is 10.8. The summed E-state index contributed by atoms with van der Waals surface area (Å²) in [5.41, 5.74) is 0.802. The molecule has 2 heterocycles. The Kier molecular flexibility index (Phi) is 3.91. The Hall–Kier alpha value is 0.320. The van der Waals surface area contributed by atoms with Crippen LogP contribution in [0.4, 0.5) is 0 Å². The molecule has 7 heteroatoms. The molecule has 0 aromatic carbocycles. The zero-order chi connectivity index (χ0) is 11.9. The van der Waals surface area contributed by atoms with E-state index in [4.69, 9.17) is 23.2 Å². The average molecular weight is 403 g/mol. The van der Waals surface area contributed by atoms with E-state index >= 15 is 0 Å². The minimum Gasteiger partial charge on any atom is -0.231 e. The summed E-state index contributed by atoms with van der Waals surface area (Å²) >= 11 is 20.0. The second-order valence-electron chi connectivity index (χ2n) is 2.97. The molecule has 0 saturated carbocycles. The van der Waals surface area contributed by atoms with E-state index in [1.807, 2.05) is 13.0 Å². The minimum absolute atomic E-state index is 0.406. The van der Waals surface area contributed by atoms with Gasteiger partial charge in [-0.2, -0.15) is 0 Å². The fraction of sp³-hybridized carbons (Fsp3) is 0.111. The largest absolute Gasteiger partial charge is 0.231 e. The molecule has 2 nitrogen and oxygen atoms in total. The van der Waals surface area contributed by atoms with Gasteiger partial charge in [0.1, 0.15) is 9.49 Å². The highest BCUT2D eigenvalue weighted by molar-refractivity contribution is 9.11. The van der Waals surface area contributed by atoms with E-state index < -0.39 is 0 Å². The van der Waals surface area contributed by atoms with Gasteiger partial charge in [-0.1, -0.05) is 23.2 Å². The lowest BCUT2D eigenvalue weighted by molar-refractivity contribution is 1.10. The van der Waals surface area contributed by atoms with E-state index in [0.717, 1.165) is 19.5 Å². The molecule has 0 spiro atoms. The first kappa shape index (κ1) is 12.8. The zero-order valence-electron chi connectivity index (χ0n) is 7.89. The van der Waals surface area contributed by atoms with Crippen LogP contribution in [-0.4, -0.2) is 9.97 Å². The van der Waals surface area contributed by atoms with Crippen LogP contribution in [0.15, 0.2) is 15.0 Å². The van der Waals surface area contributed by atoms with Gasteiger partial charge in [0.15, 0.2) is 5.82 Å². The van der Waals surface area contributed by atoms with Gasteiger partial charge in [0.25, 0.3) is 0 Å². The summed E-state index contributed by atoms with van der Waals surface area (Å²) in [7, 11) is 0. The van der Waals surface area contributed by atoms with Crippen LogP contribution in [0.2, 0.25) is 9.49 Å². The summed E-state index contributed by atoms with van der Waals surface area (Å²) in [5, 5.41) is 0.406. The number of halogens is 4. The van der Waals surface area contributed by atoms with Crippen LogP contribution in [0.3, 0.4) is 0 Å². The molecule has 2 aromatic rings. The van der Waals surface area contributed by atoms with Crippen LogP contribution in [0.1, 0.15) is 5.69 Å². The monoisotopic (exact) mass is 400 g/mol. The van der Waals surface area contributed by atoms with Crippen molar-refractivity contribution in [3.8, 4) is 10.7 Å². The van der Waals surface area contributed by atoms with E-state index in [2.05, 4.69) is 41.8 Å². The van der Waals surface area contributed by atoms with Gasteiger partial charge in [-0.15, -0.1) is 11.3 Å². The van der Waals surface area contributed by atoms with Crippen molar-refractivity contribution in [3.05, 3.63) is 30.2 Å². The number of hydrogen-bond acceptors (Lipinski definition) is 3. The van der Waals surface area contributed by atoms with Gasteiger partial charge in [-0.25, -0.2) is 9.97 Å². The number of nitrogens with zero attached hydrogens (tertiary/aromatic N) is 2. The quantitative estimate of drug-likeness (QED) is 0.601. The number of aryl methyl sites for hydroxylation is 1. The smallest absolute Gasteiger partial charge is 0.171 e. The van der Waals surface area contributed by atoms with Crippen LogP contribution in [0.5, 0.6) is 0 Å². The predicted molar refractivity (Wildman–Crippen MR) is 75.5 cm³/mol. The Balaban J connectivity index is 2.56. The fourth-order valence-electron chi connectivity index (χ4n) is 1.09. The van der Waals surface area contributed by atoms with Gasteiger partial charge >= 0.3 is 0 Å². The maximum absolute atomic E-state index is 5.98. The van der Waals surface area contributed by atoms with Gasteiger partial charge in [0.2, 0.25) is 0 Å². The fourth-order valence-corrected chi connectivity index (χ4v) is 3.12.